The Morgan fingerprint density at radius 2 is 1.93 bits per heavy atom. The van der Waals surface area contributed by atoms with Crippen LogP contribution in [-0.2, 0) is 11.8 Å². The fourth-order valence-corrected chi connectivity index (χ4v) is 4.60. The Bertz CT molecular complexity index is 1090. The normalized spacial score (nSPS) is 22.2. The van der Waals surface area contributed by atoms with Gasteiger partial charge in [0.25, 0.3) is 11.5 Å². The molecule has 2 aromatic rings. The molecule has 0 bridgehead atoms. The Balaban J connectivity index is 2.13. The first-order valence-corrected chi connectivity index (χ1v) is 9.97. The monoisotopic (exact) mass is 422 g/mol. The number of aliphatic hydroxyl groups is 1. The zero-order chi connectivity index (χ0) is 21.2. The second-order valence-corrected chi connectivity index (χ2v) is 8.33. The van der Waals surface area contributed by atoms with Crippen molar-refractivity contribution in [2.75, 3.05) is 43.1 Å². The van der Waals surface area contributed by atoms with Crippen LogP contribution in [0.2, 0.25) is 5.02 Å². The van der Waals surface area contributed by atoms with Crippen LogP contribution in [0.4, 0.5) is 15.8 Å². The summed E-state index contributed by atoms with van der Waals surface area (Å²) in [7, 11) is 3.44. The van der Waals surface area contributed by atoms with E-state index >= 15 is 4.39 Å². The van der Waals surface area contributed by atoms with Gasteiger partial charge in [-0.3, -0.25) is 14.5 Å². The lowest BCUT2D eigenvalue weighted by Gasteiger charge is -2.49. The van der Waals surface area contributed by atoms with Gasteiger partial charge in [-0.1, -0.05) is 11.6 Å². The molecule has 1 saturated heterocycles. The Labute approximate surface area is 172 Å². The third-order valence-corrected chi connectivity index (χ3v) is 6.62. The van der Waals surface area contributed by atoms with Crippen molar-refractivity contribution >= 4 is 39.8 Å². The second kappa shape index (κ2) is 6.97. The number of aromatic nitrogens is 1. The van der Waals surface area contributed by atoms with Gasteiger partial charge in [-0.25, -0.2) is 4.39 Å². The number of anilines is 2. The molecule has 0 spiro atoms. The van der Waals surface area contributed by atoms with E-state index in [1.54, 1.807) is 13.0 Å². The summed E-state index contributed by atoms with van der Waals surface area (Å²) in [5.74, 6) is -0.778. The van der Waals surface area contributed by atoms with Gasteiger partial charge >= 0.3 is 0 Å². The van der Waals surface area contributed by atoms with E-state index in [9.17, 15) is 14.7 Å². The minimum absolute atomic E-state index is 0.00172. The van der Waals surface area contributed by atoms with E-state index in [0.29, 0.717) is 24.2 Å². The predicted octanol–water partition coefficient (Wildman–Crippen LogP) is 1.49. The average Bonchev–Trinajstić information content (AvgIpc) is 2.67. The van der Waals surface area contributed by atoms with Crippen LogP contribution in [0.1, 0.15) is 12.5 Å². The van der Waals surface area contributed by atoms with Crippen LogP contribution >= 0.6 is 11.6 Å². The number of aryl methyl sites for hydroxylation is 1. The number of piperazine rings is 1. The van der Waals surface area contributed by atoms with Gasteiger partial charge in [-0.05, 0) is 27.0 Å². The van der Waals surface area contributed by atoms with E-state index in [1.807, 2.05) is 18.9 Å². The molecule has 2 atom stereocenters. The van der Waals surface area contributed by atoms with Gasteiger partial charge in [-0.15, -0.1) is 0 Å². The SMILES string of the molecule is Cc1c(Cl)cc2c3c(c(=O)n(C)c2c1F)N(CCO)C(=O)C1CN(C)C(C)CN31. The number of aliphatic hydroxyl groups excluding tert-OH is 1. The van der Waals surface area contributed by atoms with Crippen molar-refractivity contribution in [2.45, 2.75) is 25.9 Å². The Kier molecular flexibility index (Phi) is 4.83. The number of rotatable bonds is 2. The molecular weight excluding hydrogens is 399 g/mol. The number of β-amino-alcohol motifs (C(OH)–C–C–N with tert-alkyl or cyclic N) is 1. The highest BCUT2D eigenvalue weighted by atomic mass is 35.5. The fourth-order valence-electron chi connectivity index (χ4n) is 4.41. The summed E-state index contributed by atoms with van der Waals surface area (Å²) in [5, 5.41) is 10.3. The number of hydrogen-bond donors (Lipinski definition) is 1. The smallest absolute Gasteiger partial charge is 0.277 e. The third-order valence-electron chi connectivity index (χ3n) is 6.23. The van der Waals surface area contributed by atoms with E-state index in [1.165, 1.54) is 16.5 Å². The molecule has 29 heavy (non-hydrogen) atoms. The van der Waals surface area contributed by atoms with Gasteiger partial charge in [-0.2, -0.15) is 0 Å². The van der Waals surface area contributed by atoms with Gasteiger partial charge in [0.2, 0.25) is 0 Å². The van der Waals surface area contributed by atoms with Crippen LogP contribution in [-0.4, -0.2) is 65.9 Å². The van der Waals surface area contributed by atoms with Crippen molar-refractivity contribution in [3.63, 3.8) is 0 Å². The average molecular weight is 423 g/mol. The van der Waals surface area contributed by atoms with Crippen LogP contribution < -0.4 is 15.4 Å². The van der Waals surface area contributed by atoms with Crippen molar-refractivity contribution in [1.29, 1.82) is 0 Å². The highest BCUT2D eigenvalue weighted by molar-refractivity contribution is 6.32. The molecular formula is C20H24ClFN4O3. The van der Waals surface area contributed by atoms with Crippen LogP contribution in [0.25, 0.3) is 10.9 Å². The molecule has 3 heterocycles. The lowest BCUT2D eigenvalue weighted by atomic mass is 9.97. The number of pyridine rings is 1. The quantitative estimate of drug-likeness (QED) is 0.794. The molecule has 1 N–H and O–H groups in total. The number of hydrogen-bond acceptors (Lipinski definition) is 5. The molecule has 0 aliphatic carbocycles. The maximum atomic E-state index is 15.2. The summed E-state index contributed by atoms with van der Waals surface area (Å²) >= 11 is 6.31. The molecule has 2 aliphatic rings. The minimum atomic E-state index is -0.542. The minimum Gasteiger partial charge on any atom is -0.395 e. The highest BCUT2D eigenvalue weighted by Gasteiger charge is 2.45. The number of benzene rings is 1. The van der Waals surface area contributed by atoms with Crippen molar-refractivity contribution < 1.29 is 14.3 Å². The molecule has 2 aliphatic heterocycles. The molecule has 1 amide bonds. The van der Waals surface area contributed by atoms with Crippen LogP contribution in [0, 0.1) is 12.7 Å². The van der Waals surface area contributed by atoms with Gasteiger partial charge in [0, 0.05) is 48.7 Å². The third kappa shape index (κ3) is 2.77. The van der Waals surface area contributed by atoms with Gasteiger partial charge in [0.1, 0.15) is 11.7 Å². The molecule has 2 unspecified atom stereocenters. The molecule has 1 aromatic carbocycles. The fraction of sp³-hybridized carbons (Fsp3) is 0.500. The zero-order valence-electron chi connectivity index (χ0n) is 16.9. The molecule has 1 aromatic heterocycles. The summed E-state index contributed by atoms with van der Waals surface area (Å²) < 4.78 is 16.4. The number of carbonyl (C=O) groups is 1. The lowest BCUT2D eigenvalue weighted by molar-refractivity contribution is -0.121. The second-order valence-electron chi connectivity index (χ2n) is 7.93. The van der Waals surface area contributed by atoms with Gasteiger partial charge in [0.05, 0.1) is 17.8 Å². The molecule has 7 nitrogen and oxygen atoms in total. The first kappa shape index (κ1) is 20.1. The highest BCUT2D eigenvalue weighted by Crippen LogP contribution is 2.43. The van der Waals surface area contributed by atoms with Crippen molar-refractivity contribution in [3.8, 4) is 0 Å². The molecule has 9 heteroatoms. The summed E-state index contributed by atoms with van der Waals surface area (Å²) in [6, 6.07) is 1.29. The number of fused-ring (bicyclic) bond motifs is 5. The standard InChI is InChI=1S/C20H24ClFN4O3/c1-10-8-26-14(9-23(10)3)19(28)25(5-6-27)18-17(26)12-7-13(21)11(2)15(22)16(12)24(4)20(18)29/h7,10,14,27H,5-6,8-9H2,1-4H3. The summed E-state index contributed by atoms with van der Waals surface area (Å²) in [6.07, 6.45) is 0. The van der Waals surface area contributed by atoms with Crippen LogP contribution in [0.3, 0.4) is 0 Å². The lowest BCUT2D eigenvalue weighted by Crippen LogP contribution is -2.65. The van der Waals surface area contributed by atoms with Crippen LogP contribution in [0.15, 0.2) is 10.9 Å². The predicted molar refractivity (Wildman–Crippen MR) is 112 cm³/mol. The maximum Gasteiger partial charge on any atom is 0.277 e. The van der Waals surface area contributed by atoms with E-state index < -0.39 is 17.4 Å². The largest absolute Gasteiger partial charge is 0.395 e. The van der Waals surface area contributed by atoms with Crippen molar-refractivity contribution in [3.05, 3.63) is 32.8 Å². The molecule has 4 rings (SSSR count). The van der Waals surface area contributed by atoms with E-state index in [2.05, 4.69) is 4.90 Å². The van der Waals surface area contributed by atoms with Gasteiger partial charge < -0.3 is 19.5 Å². The molecule has 156 valence electrons. The first-order chi connectivity index (χ1) is 13.7. The summed E-state index contributed by atoms with van der Waals surface area (Å²) in [4.78, 5) is 31.9. The summed E-state index contributed by atoms with van der Waals surface area (Å²) in [6.45, 7) is 4.32. The molecule has 0 radical (unpaired) electrons. The van der Waals surface area contributed by atoms with E-state index in [0.717, 1.165) is 0 Å². The van der Waals surface area contributed by atoms with Crippen LogP contribution in [0.5, 0.6) is 0 Å². The number of halogens is 2. The number of amides is 1. The first-order valence-electron chi connectivity index (χ1n) is 9.59. The topological polar surface area (TPSA) is 69.0 Å². The van der Waals surface area contributed by atoms with E-state index in [4.69, 9.17) is 11.6 Å². The Morgan fingerprint density at radius 1 is 1.24 bits per heavy atom. The number of likely N-dealkylation sites (N-methyl/N-ethyl adjacent to an activating group) is 1. The Morgan fingerprint density at radius 3 is 2.59 bits per heavy atom. The zero-order valence-corrected chi connectivity index (χ0v) is 17.6. The van der Waals surface area contributed by atoms with Gasteiger partial charge in [0.15, 0.2) is 5.82 Å². The summed E-state index contributed by atoms with van der Waals surface area (Å²) in [5.41, 5.74) is 0.656. The molecule has 0 saturated carbocycles. The number of carbonyl (C=O) groups excluding carboxylic acids is 1. The van der Waals surface area contributed by atoms with Crippen molar-refractivity contribution in [1.82, 2.24) is 9.47 Å². The number of nitrogens with zero attached hydrogens (tertiary/aromatic N) is 4. The van der Waals surface area contributed by atoms with Crippen molar-refractivity contribution in [2.24, 2.45) is 7.05 Å². The Hall–Kier alpha value is -2.16. The molecule has 1 fully saturated rings. The van der Waals surface area contributed by atoms with E-state index in [-0.39, 0.29) is 46.9 Å². The maximum absolute atomic E-state index is 15.2.